The molecule has 0 aromatic heterocycles. The molecule has 70 valence electrons. The highest BCUT2D eigenvalue weighted by Crippen LogP contribution is 2.14. The van der Waals surface area contributed by atoms with E-state index in [1.807, 2.05) is 13.0 Å². The molecule has 0 fully saturated rings. The Bertz CT molecular complexity index is 297. The highest BCUT2D eigenvalue weighted by atomic mass is 16.4. The smallest absolute Gasteiger partial charge is 0.337 e. The van der Waals surface area contributed by atoms with Crippen molar-refractivity contribution in [3.63, 3.8) is 0 Å². The summed E-state index contributed by atoms with van der Waals surface area (Å²) in [5.41, 5.74) is 1.02. The molecule has 13 heavy (non-hydrogen) atoms. The molecule has 0 radical (unpaired) electrons. The molecule has 3 nitrogen and oxygen atoms in total. The van der Waals surface area contributed by atoms with Crippen LogP contribution in [0.25, 0.3) is 0 Å². The first-order chi connectivity index (χ1) is 6.25. The fraction of sp³-hybridized carbons (Fsp3) is 0.300. The summed E-state index contributed by atoms with van der Waals surface area (Å²) in [5, 5.41) is 11.9. The van der Waals surface area contributed by atoms with Crippen LogP contribution >= 0.6 is 0 Å². The van der Waals surface area contributed by atoms with Crippen molar-refractivity contribution < 1.29 is 9.90 Å². The summed E-state index contributed by atoms with van der Waals surface area (Å²) in [6.07, 6.45) is 0.980. The molecule has 0 bridgehead atoms. The van der Waals surface area contributed by atoms with E-state index < -0.39 is 5.97 Å². The predicted octanol–water partition coefficient (Wildman–Crippen LogP) is 2.21. The molecule has 0 amide bonds. The third-order valence-electron chi connectivity index (χ3n) is 1.72. The predicted molar refractivity (Wildman–Crippen MR) is 52.2 cm³/mol. The Labute approximate surface area is 77.4 Å². The molecule has 1 aromatic carbocycles. The van der Waals surface area contributed by atoms with Gasteiger partial charge >= 0.3 is 5.97 Å². The lowest BCUT2D eigenvalue weighted by Gasteiger charge is -2.07. The minimum absolute atomic E-state index is 0.330. The molecule has 0 aliphatic rings. The van der Waals surface area contributed by atoms with E-state index in [2.05, 4.69) is 5.32 Å². The van der Waals surface area contributed by atoms with Crippen molar-refractivity contribution >= 4 is 11.7 Å². The normalized spacial score (nSPS) is 9.62. The Morgan fingerprint density at radius 1 is 1.46 bits per heavy atom. The molecular formula is C10H13NO2. The van der Waals surface area contributed by atoms with Crippen LogP contribution in [-0.4, -0.2) is 17.6 Å². The second-order valence-corrected chi connectivity index (χ2v) is 2.78. The molecular weight excluding hydrogens is 166 g/mol. The molecule has 1 rings (SSSR count). The molecule has 0 spiro atoms. The van der Waals surface area contributed by atoms with E-state index in [0.717, 1.165) is 13.0 Å². The van der Waals surface area contributed by atoms with Crippen molar-refractivity contribution in [2.45, 2.75) is 13.3 Å². The zero-order valence-electron chi connectivity index (χ0n) is 7.58. The van der Waals surface area contributed by atoms with Crippen LogP contribution in [0.4, 0.5) is 5.69 Å². The van der Waals surface area contributed by atoms with Crippen molar-refractivity contribution in [2.24, 2.45) is 0 Å². The highest BCUT2D eigenvalue weighted by molar-refractivity contribution is 5.94. The van der Waals surface area contributed by atoms with Crippen LogP contribution in [0.1, 0.15) is 23.7 Å². The van der Waals surface area contributed by atoms with E-state index in [4.69, 9.17) is 5.11 Å². The summed E-state index contributed by atoms with van der Waals surface area (Å²) >= 11 is 0. The maximum atomic E-state index is 10.7. The second kappa shape index (κ2) is 4.50. The second-order valence-electron chi connectivity index (χ2n) is 2.78. The monoisotopic (exact) mass is 179 g/mol. The number of para-hydroxylation sites is 1. The van der Waals surface area contributed by atoms with E-state index in [0.29, 0.717) is 11.3 Å². The van der Waals surface area contributed by atoms with Gasteiger partial charge in [0.15, 0.2) is 0 Å². The van der Waals surface area contributed by atoms with Gasteiger partial charge < -0.3 is 10.4 Å². The molecule has 0 atom stereocenters. The van der Waals surface area contributed by atoms with Gasteiger partial charge in [-0.2, -0.15) is 0 Å². The Morgan fingerprint density at radius 3 is 2.77 bits per heavy atom. The Balaban J connectivity index is 2.84. The minimum atomic E-state index is -0.890. The lowest BCUT2D eigenvalue weighted by Crippen LogP contribution is -2.06. The van der Waals surface area contributed by atoms with Gasteiger partial charge in [-0.15, -0.1) is 0 Å². The number of rotatable bonds is 4. The van der Waals surface area contributed by atoms with Gasteiger partial charge in [0.1, 0.15) is 0 Å². The summed E-state index contributed by atoms with van der Waals surface area (Å²) < 4.78 is 0. The van der Waals surface area contributed by atoms with Gasteiger partial charge in [0, 0.05) is 12.2 Å². The topological polar surface area (TPSA) is 49.3 Å². The summed E-state index contributed by atoms with van der Waals surface area (Å²) in [7, 11) is 0. The number of carboxylic acids is 1. The van der Waals surface area contributed by atoms with Crippen LogP contribution < -0.4 is 5.32 Å². The Morgan fingerprint density at radius 2 is 2.15 bits per heavy atom. The zero-order valence-corrected chi connectivity index (χ0v) is 7.58. The van der Waals surface area contributed by atoms with Gasteiger partial charge in [0.25, 0.3) is 0 Å². The Kier molecular flexibility index (Phi) is 3.31. The quantitative estimate of drug-likeness (QED) is 0.745. The number of nitrogens with one attached hydrogen (secondary N) is 1. The third kappa shape index (κ3) is 2.47. The standard InChI is InChI=1S/C10H13NO2/c1-2-7-11-9-6-4-3-5-8(9)10(12)13/h3-6,11H,2,7H2,1H3,(H,12,13). The average molecular weight is 179 g/mol. The van der Waals surface area contributed by atoms with Gasteiger partial charge in [-0.05, 0) is 18.6 Å². The number of carbonyl (C=O) groups is 1. The number of benzene rings is 1. The lowest BCUT2D eigenvalue weighted by atomic mass is 10.2. The molecule has 0 heterocycles. The molecule has 0 saturated carbocycles. The molecule has 1 aromatic rings. The van der Waals surface area contributed by atoms with Crippen LogP contribution in [0, 0.1) is 0 Å². The zero-order chi connectivity index (χ0) is 9.68. The molecule has 0 unspecified atom stereocenters. The minimum Gasteiger partial charge on any atom is -0.478 e. The molecule has 3 heteroatoms. The van der Waals surface area contributed by atoms with Crippen molar-refractivity contribution in [2.75, 3.05) is 11.9 Å². The van der Waals surface area contributed by atoms with E-state index >= 15 is 0 Å². The van der Waals surface area contributed by atoms with E-state index in [9.17, 15) is 4.79 Å². The number of hydrogen-bond donors (Lipinski definition) is 2. The maximum absolute atomic E-state index is 10.7. The lowest BCUT2D eigenvalue weighted by molar-refractivity contribution is 0.0698. The fourth-order valence-corrected chi connectivity index (χ4v) is 1.08. The average Bonchev–Trinajstić information content (AvgIpc) is 2.15. The first-order valence-corrected chi connectivity index (χ1v) is 4.32. The first kappa shape index (κ1) is 9.58. The van der Waals surface area contributed by atoms with Crippen LogP contribution in [0.2, 0.25) is 0 Å². The number of aromatic carboxylic acids is 1. The Hall–Kier alpha value is -1.51. The number of carboxylic acid groups (broad SMARTS) is 1. The van der Waals surface area contributed by atoms with Gasteiger partial charge in [0.2, 0.25) is 0 Å². The molecule has 2 N–H and O–H groups in total. The van der Waals surface area contributed by atoms with E-state index in [1.54, 1.807) is 18.2 Å². The van der Waals surface area contributed by atoms with Gasteiger partial charge in [-0.3, -0.25) is 0 Å². The van der Waals surface area contributed by atoms with Crippen LogP contribution in [-0.2, 0) is 0 Å². The summed E-state index contributed by atoms with van der Waals surface area (Å²) in [6, 6.07) is 6.92. The fourth-order valence-electron chi connectivity index (χ4n) is 1.08. The summed E-state index contributed by atoms with van der Waals surface area (Å²) in [5.74, 6) is -0.890. The largest absolute Gasteiger partial charge is 0.478 e. The van der Waals surface area contributed by atoms with E-state index in [1.165, 1.54) is 0 Å². The maximum Gasteiger partial charge on any atom is 0.337 e. The number of hydrogen-bond acceptors (Lipinski definition) is 2. The third-order valence-corrected chi connectivity index (χ3v) is 1.72. The van der Waals surface area contributed by atoms with Gasteiger partial charge in [0.05, 0.1) is 5.56 Å². The highest BCUT2D eigenvalue weighted by Gasteiger charge is 2.06. The molecule has 0 aliphatic heterocycles. The summed E-state index contributed by atoms with van der Waals surface area (Å²) in [4.78, 5) is 10.7. The van der Waals surface area contributed by atoms with Gasteiger partial charge in [-0.25, -0.2) is 4.79 Å². The first-order valence-electron chi connectivity index (χ1n) is 4.32. The summed E-state index contributed by atoms with van der Waals surface area (Å²) in [6.45, 7) is 2.83. The molecule has 0 saturated heterocycles. The van der Waals surface area contributed by atoms with Crippen LogP contribution in [0.15, 0.2) is 24.3 Å². The van der Waals surface area contributed by atoms with Crippen molar-refractivity contribution in [1.82, 2.24) is 0 Å². The van der Waals surface area contributed by atoms with Crippen molar-refractivity contribution in [3.05, 3.63) is 29.8 Å². The van der Waals surface area contributed by atoms with Gasteiger partial charge in [-0.1, -0.05) is 19.1 Å². The van der Waals surface area contributed by atoms with Crippen molar-refractivity contribution in [1.29, 1.82) is 0 Å². The SMILES string of the molecule is CCCNc1ccccc1C(=O)O. The van der Waals surface area contributed by atoms with Crippen molar-refractivity contribution in [3.8, 4) is 0 Å². The van der Waals surface area contributed by atoms with Crippen LogP contribution in [0.3, 0.4) is 0 Å². The number of anilines is 1. The molecule has 0 aliphatic carbocycles. The van der Waals surface area contributed by atoms with Crippen LogP contribution in [0.5, 0.6) is 0 Å². The van der Waals surface area contributed by atoms with E-state index in [-0.39, 0.29) is 0 Å².